The molecule has 0 amide bonds. The number of rotatable bonds is 3. The Morgan fingerprint density at radius 3 is 2.28 bits per heavy atom. The van der Waals surface area contributed by atoms with Crippen molar-refractivity contribution in [2.24, 2.45) is 0 Å². The second-order valence-corrected chi connectivity index (χ2v) is 4.55. The van der Waals surface area contributed by atoms with Gasteiger partial charge in [-0.1, -0.05) is 30.3 Å². The summed E-state index contributed by atoms with van der Waals surface area (Å²) >= 11 is 0. The van der Waals surface area contributed by atoms with Crippen LogP contribution in [-0.2, 0) is 6.42 Å². The molecule has 2 aromatic rings. The van der Waals surface area contributed by atoms with E-state index in [2.05, 4.69) is 19.1 Å². The first-order valence-electron chi connectivity index (χ1n) is 5.95. The molecule has 0 aliphatic rings. The van der Waals surface area contributed by atoms with Gasteiger partial charge in [-0.15, -0.1) is 0 Å². The number of carboxylic acids is 1. The summed E-state index contributed by atoms with van der Waals surface area (Å²) in [4.78, 5) is 10.9. The zero-order chi connectivity index (χ0) is 13.1. The minimum Gasteiger partial charge on any atom is -0.478 e. The third-order valence-corrected chi connectivity index (χ3v) is 3.23. The molecule has 0 bridgehead atoms. The van der Waals surface area contributed by atoms with Crippen LogP contribution < -0.4 is 0 Å². The van der Waals surface area contributed by atoms with E-state index in [1.807, 2.05) is 25.1 Å². The van der Waals surface area contributed by atoms with E-state index in [0.717, 1.165) is 12.0 Å². The lowest BCUT2D eigenvalue weighted by Crippen LogP contribution is -2.00. The summed E-state index contributed by atoms with van der Waals surface area (Å²) in [5.41, 5.74) is 5.09. The smallest absolute Gasteiger partial charge is 0.335 e. The van der Waals surface area contributed by atoms with Gasteiger partial charge in [-0.3, -0.25) is 0 Å². The maximum absolute atomic E-state index is 10.9. The van der Waals surface area contributed by atoms with Crippen molar-refractivity contribution in [1.82, 2.24) is 0 Å². The lowest BCUT2D eigenvalue weighted by Gasteiger charge is -2.09. The minimum atomic E-state index is -0.874. The molecule has 0 aliphatic heterocycles. The molecule has 2 aromatic carbocycles. The molecule has 2 rings (SSSR count). The van der Waals surface area contributed by atoms with Crippen molar-refractivity contribution < 1.29 is 9.90 Å². The van der Waals surface area contributed by atoms with E-state index in [4.69, 9.17) is 5.11 Å². The molecule has 2 heteroatoms. The molecule has 0 fully saturated rings. The van der Waals surface area contributed by atoms with Gasteiger partial charge in [0.1, 0.15) is 0 Å². The third-order valence-electron chi connectivity index (χ3n) is 3.23. The maximum atomic E-state index is 10.9. The molecule has 0 saturated carbocycles. The fourth-order valence-electron chi connectivity index (χ4n) is 2.04. The summed E-state index contributed by atoms with van der Waals surface area (Å²) in [5.74, 6) is -0.874. The maximum Gasteiger partial charge on any atom is 0.335 e. The third kappa shape index (κ3) is 2.59. The summed E-state index contributed by atoms with van der Waals surface area (Å²) in [6.07, 6.45) is 0.846. The average Bonchev–Trinajstić information content (AvgIpc) is 2.34. The van der Waals surface area contributed by atoms with Gasteiger partial charge in [0, 0.05) is 0 Å². The van der Waals surface area contributed by atoms with Crippen LogP contribution in [0.2, 0.25) is 0 Å². The van der Waals surface area contributed by atoms with Crippen LogP contribution in [0, 0.1) is 13.8 Å². The van der Waals surface area contributed by atoms with Gasteiger partial charge >= 0.3 is 5.97 Å². The number of benzene rings is 2. The quantitative estimate of drug-likeness (QED) is 0.890. The first kappa shape index (κ1) is 12.4. The zero-order valence-corrected chi connectivity index (χ0v) is 10.6. The molecule has 0 saturated heterocycles. The zero-order valence-electron chi connectivity index (χ0n) is 10.6. The van der Waals surface area contributed by atoms with Crippen LogP contribution in [0.5, 0.6) is 0 Å². The van der Waals surface area contributed by atoms with E-state index in [-0.39, 0.29) is 0 Å². The standard InChI is InChI=1S/C16H16O2/c1-11-5-3-4-6-13(11)10-14-7-8-15(16(17)18)9-12(14)2/h3-9H,10H2,1-2H3,(H,17,18). The van der Waals surface area contributed by atoms with Crippen molar-refractivity contribution in [2.45, 2.75) is 20.3 Å². The van der Waals surface area contributed by atoms with E-state index in [1.165, 1.54) is 16.7 Å². The van der Waals surface area contributed by atoms with Gasteiger partial charge in [-0.05, 0) is 54.7 Å². The highest BCUT2D eigenvalue weighted by Crippen LogP contribution is 2.18. The Morgan fingerprint density at radius 1 is 1.00 bits per heavy atom. The van der Waals surface area contributed by atoms with Crippen LogP contribution in [0.3, 0.4) is 0 Å². The Hall–Kier alpha value is -2.09. The molecular weight excluding hydrogens is 224 g/mol. The molecule has 1 N–H and O–H groups in total. The highest BCUT2D eigenvalue weighted by molar-refractivity contribution is 5.87. The van der Waals surface area contributed by atoms with Gasteiger partial charge in [0.25, 0.3) is 0 Å². The Morgan fingerprint density at radius 2 is 1.67 bits per heavy atom. The molecule has 18 heavy (non-hydrogen) atoms. The molecule has 0 aromatic heterocycles. The van der Waals surface area contributed by atoms with Crippen molar-refractivity contribution in [2.75, 3.05) is 0 Å². The number of hydrogen-bond acceptors (Lipinski definition) is 1. The molecule has 0 atom stereocenters. The van der Waals surface area contributed by atoms with Crippen LogP contribution in [-0.4, -0.2) is 11.1 Å². The fourth-order valence-corrected chi connectivity index (χ4v) is 2.04. The van der Waals surface area contributed by atoms with E-state index in [1.54, 1.807) is 12.1 Å². The Bertz CT molecular complexity index is 585. The van der Waals surface area contributed by atoms with Crippen LogP contribution in [0.4, 0.5) is 0 Å². The molecule has 0 aliphatic carbocycles. The van der Waals surface area contributed by atoms with Crippen LogP contribution in [0.25, 0.3) is 0 Å². The molecule has 0 unspecified atom stereocenters. The van der Waals surface area contributed by atoms with Crippen molar-refractivity contribution >= 4 is 5.97 Å². The van der Waals surface area contributed by atoms with Gasteiger partial charge in [-0.25, -0.2) is 4.79 Å². The Labute approximate surface area is 107 Å². The number of aryl methyl sites for hydroxylation is 2. The lowest BCUT2D eigenvalue weighted by atomic mass is 9.96. The van der Waals surface area contributed by atoms with E-state index in [0.29, 0.717) is 5.56 Å². The van der Waals surface area contributed by atoms with Crippen LogP contribution in [0.1, 0.15) is 32.6 Å². The van der Waals surface area contributed by atoms with E-state index < -0.39 is 5.97 Å². The second kappa shape index (κ2) is 5.05. The number of carboxylic acid groups (broad SMARTS) is 1. The van der Waals surface area contributed by atoms with Crippen molar-refractivity contribution in [3.8, 4) is 0 Å². The predicted molar refractivity (Wildman–Crippen MR) is 72.1 cm³/mol. The summed E-state index contributed by atoms with van der Waals surface area (Å²) in [6.45, 7) is 4.05. The second-order valence-electron chi connectivity index (χ2n) is 4.55. The lowest BCUT2D eigenvalue weighted by molar-refractivity contribution is 0.0697. The number of hydrogen-bond donors (Lipinski definition) is 1. The van der Waals surface area contributed by atoms with Gasteiger partial charge in [-0.2, -0.15) is 0 Å². The largest absolute Gasteiger partial charge is 0.478 e. The van der Waals surface area contributed by atoms with Gasteiger partial charge in [0.2, 0.25) is 0 Å². The average molecular weight is 240 g/mol. The first-order valence-corrected chi connectivity index (χ1v) is 5.95. The monoisotopic (exact) mass is 240 g/mol. The molecule has 0 spiro atoms. The Kier molecular flexibility index (Phi) is 3.47. The summed E-state index contributed by atoms with van der Waals surface area (Å²) in [5, 5.41) is 8.93. The topological polar surface area (TPSA) is 37.3 Å². The van der Waals surface area contributed by atoms with Crippen molar-refractivity contribution in [1.29, 1.82) is 0 Å². The van der Waals surface area contributed by atoms with Crippen LogP contribution >= 0.6 is 0 Å². The minimum absolute atomic E-state index is 0.348. The molecule has 0 radical (unpaired) electrons. The Balaban J connectivity index is 2.30. The van der Waals surface area contributed by atoms with Crippen molar-refractivity contribution in [3.05, 3.63) is 70.3 Å². The molecule has 92 valence electrons. The normalized spacial score (nSPS) is 10.3. The van der Waals surface area contributed by atoms with E-state index in [9.17, 15) is 4.79 Å². The SMILES string of the molecule is Cc1ccccc1Cc1ccc(C(=O)O)cc1C. The number of aromatic carboxylic acids is 1. The summed E-state index contributed by atoms with van der Waals surface area (Å²) in [6, 6.07) is 13.6. The predicted octanol–water partition coefficient (Wildman–Crippen LogP) is 3.59. The first-order chi connectivity index (χ1) is 8.58. The van der Waals surface area contributed by atoms with Crippen molar-refractivity contribution in [3.63, 3.8) is 0 Å². The summed E-state index contributed by atoms with van der Waals surface area (Å²) in [7, 11) is 0. The van der Waals surface area contributed by atoms with Crippen LogP contribution in [0.15, 0.2) is 42.5 Å². The highest BCUT2D eigenvalue weighted by Gasteiger charge is 2.07. The molecule has 2 nitrogen and oxygen atoms in total. The van der Waals surface area contributed by atoms with Gasteiger partial charge in [0.05, 0.1) is 5.56 Å². The van der Waals surface area contributed by atoms with E-state index >= 15 is 0 Å². The summed E-state index contributed by atoms with van der Waals surface area (Å²) < 4.78 is 0. The number of carbonyl (C=O) groups is 1. The van der Waals surface area contributed by atoms with Gasteiger partial charge in [0.15, 0.2) is 0 Å². The highest BCUT2D eigenvalue weighted by atomic mass is 16.4. The molecule has 0 heterocycles. The molecular formula is C16H16O2. The fraction of sp³-hybridized carbons (Fsp3) is 0.188. The van der Waals surface area contributed by atoms with Gasteiger partial charge < -0.3 is 5.11 Å².